The number of carbonyl (C=O) groups is 1. The van der Waals surface area contributed by atoms with E-state index in [2.05, 4.69) is 11.6 Å². The van der Waals surface area contributed by atoms with Crippen LogP contribution in [0.2, 0.25) is 0 Å². The van der Waals surface area contributed by atoms with Crippen LogP contribution in [-0.2, 0) is 15.7 Å². The molecular weight excluding hydrogens is 559 g/mol. The number of hydrogen-bond acceptors (Lipinski definition) is 5. The van der Waals surface area contributed by atoms with Gasteiger partial charge in [-0.2, -0.15) is 26.3 Å². The van der Waals surface area contributed by atoms with Gasteiger partial charge >= 0.3 is 18.3 Å². The minimum absolute atomic E-state index is 0.0348. The molecule has 0 bridgehead atoms. The summed E-state index contributed by atoms with van der Waals surface area (Å²) in [5.41, 5.74) is -1.56. The summed E-state index contributed by atoms with van der Waals surface area (Å²) in [6, 6.07) is 4.52. The Balaban J connectivity index is 2.48. The van der Waals surface area contributed by atoms with Crippen LogP contribution in [0.1, 0.15) is 24.3 Å². The molecule has 32 heavy (non-hydrogen) atoms. The Bertz CT molecular complexity index is 989. The number of ether oxygens (including phenoxy) is 2. The third kappa shape index (κ3) is 6.82. The van der Waals surface area contributed by atoms with Gasteiger partial charge in [0.25, 0.3) is 0 Å². The zero-order valence-electron chi connectivity index (χ0n) is 16.4. The summed E-state index contributed by atoms with van der Waals surface area (Å²) < 4.78 is 88.0. The topological polar surface area (TPSA) is 68.7 Å². The molecule has 1 N–H and O–H groups in total. The molecule has 12 heteroatoms. The summed E-state index contributed by atoms with van der Waals surface area (Å²) in [4.78, 5) is 14.7. The number of hydrogen-bond donors (Lipinski definition) is 1. The van der Waals surface area contributed by atoms with E-state index >= 15 is 0 Å². The van der Waals surface area contributed by atoms with E-state index < -0.39 is 35.7 Å². The number of aliphatic hydroxyl groups excluding tert-OH is 1. The Kier molecular flexibility index (Phi) is 8.15. The van der Waals surface area contributed by atoms with E-state index in [1.807, 2.05) is 0 Å². The van der Waals surface area contributed by atoms with E-state index in [0.29, 0.717) is 5.57 Å². The SMILES string of the molecule is C=C(COC(C)=O)COc1c(I)cc(C(O)C(F)(F)F)nc1-c1ccc(C(F)(F)F)cc1. The van der Waals surface area contributed by atoms with Crippen molar-refractivity contribution in [3.8, 4) is 17.0 Å². The van der Waals surface area contributed by atoms with Crippen molar-refractivity contribution < 1.29 is 45.7 Å². The Labute approximate surface area is 192 Å². The van der Waals surface area contributed by atoms with E-state index in [4.69, 9.17) is 9.47 Å². The van der Waals surface area contributed by atoms with E-state index in [1.54, 1.807) is 22.6 Å². The molecule has 0 fully saturated rings. The molecule has 1 atom stereocenters. The summed E-state index contributed by atoms with van der Waals surface area (Å²) in [5.74, 6) is -0.592. The minimum Gasteiger partial charge on any atom is -0.486 e. The molecule has 1 heterocycles. The van der Waals surface area contributed by atoms with Gasteiger partial charge in [0.1, 0.15) is 18.9 Å². The van der Waals surface area contributed by atoms with Gasteiger partial charge in [0, 0.05) is 12.5 Å². The summed E-state index contributed by atoms with van der Waals surface area (Å²) in [5, 5.41) is 9.59. The fraction of sp³-hybridized carbons (Fsp3) is 0.300. The van der Waals surface area contributed by atoms with Gasteiger partial charge in [-0.1, -0.05) is 18.7 Å². The highest BCUT2D eigenvalue weighted by molar-refractivity contribution is 14.1. The Morgan fingerprint density at radius 3 is 2.25 bits per heavy atom. The van der Waals surface area contributed by atoms with Crippen molar-refractivity contribution in [1.82, 2.24) is 4.98 Å². The lowest BCUT2D eigenvalue weighted by Gasteiger charge is -2.19. The van der Waals surface area contributed by atoms with Crippen LogP contribution in [0.15, 0.2) is 42.5 Å². The molecule has 0 saturated heterocycles. The molecular formula is C20H16F6INO4. The fourth-order valence-electron chi connectivity index (χ4n) is 2.40. The number of nitrogens with zero attached hydrogens (tertiary/aromatic N) is 1. The van der Waals surface area contributed by atoms with Crippen molar-refractivity contribution >= 4 is 28.6 Å². The molecule has 0 spiro atoms. The van der Waals surface area contributed by atoms with Crippen LogP contribution in [0, 0.1) is 3.57 Å². The lowest BCUT2D eigenvalue weighted by Crippen LogP contribution is -2.22. The first kappa shape index (κ1) is 25.9. The summed E-state index contributed by atoms with van der Waals surface area (Å²) in [7, 11) is 0. The summed E-state index contributed by atoms with van der Waals surface area (Å²) in [6.45, 7) is 4.47. The fourth-order valence-corrected chi connectivity index (χ4v) is 3.13. The molecule has 1 aromatic heterocycles. The Morgan fingerprint density at radius 2 is 1.75 bits per heavy atom. The third-order valence-corrected chi connectivity index (χ3v) is 4.72. The van der Waals surface area contributed by atoms with Crippen LogP contribution in [0.5, 0.6) is 5.75 Å². The first-order valence-corrected chi connectivity index (χ1v) is 9.83. The van der Waals surface area contributed by atoms with Crippen LogP contribution in [0.4, 0.5) is 26.3 Å². The van der Waals surface area contributed by atoms with Gasteiger partial charge in [-0.25, -0.2) is 4.98 Å². The zero-order chi connectivity index (χ0) is 24.3. The number of pyridine rings is 1. The molecule has 0 aliphatic carbocycles. The molecule has 0 saturated carbocycles. The van der Waals surface area contributed by atoms with Crippen molar-refractivity contribution in [3.05, 3.63) is 57.3 Å². The maximum absolute atomic E-state index is 13.0. The van der Waals surface area contributed by atoms with Crippen molar-refractivity contribution in [1.29, 1.82) is 0 Å². The second kappa shape index (κ2) is 10.1. The molecule has 5 nitrogen and oxygen atoms in total. The lowest BCUT2D eigenvalue weighted by molar-refractivity contribution is -0.207. The van der Waals surface area contributed by atoms with Crippen molar-refractivity contribution in [2.45, 2.75) is 25.4 Å². The number of halogens is 7. The first-order chi connectivity index (χ1) is 14.7. The zero-order valence-corrected chi connectivity index (χ0v) is 18.5. The standard InChI is InChI=1S/C20H16F6INO4/c1-10(8-31-11(2)29)9-32-17-14(27)7-15(18(30)20(24,25)26)28-16(17)12-3-5-13(6-4-12)19(21,22)23/h3-7,18,30H,1,8-9H2,2H3. The molecule has 174 valence electrons. The van der Waals surface area contributed by atoms with Gasteiger partial charge in [-0.05, 0) is 46.4 Å². The van der Waals surface area contributed by atoms with Gasteiger partial charge < -0.3 is 14.6 Å². The van der Waals surface area contributed by atoms with Gasteiger partial charge in [0.15, 0.2) is 11.9 Å². The molecule has 0 aliphatic heterocycles. The van der Waals surface area contributed by atoms with Crippen LogP contribution in [0.25, 0.3) is 11.3 Å². The van der Waals surface area contributed by atoms with E-state index in [1.165, 1.54) is 6.92 Å². The van der Waals surface area contributed by atoms with Gasteiger partial charge in [0.2, 0.25) is 0 Å². The number of benzene rings is 1. The highest BCUT2D eigenvalue weighted by atomic mass is 127. The van der Waals surface area contributed by atoms with Crippen LogP contribution < -0.4 is 4.74 Å². The largest absolute Gasteiger partial charge is 0.486 e. The quantitative estimate of drug-likeness (QED) is 0.206. The van der Waals surface area contributed by atoms with Crippen LogP contribution in [0.3, 0.4) is 0 Å². The number of alkyl halides is 6. The molecule has 0 amide bonds. The average molecular weight is 575 g/mol. The summed E-state index contributed by atoms with van der Waals surface area (Å²) >= 11 is 1.66. The number of aromatic nitrogens is 1. The smallest absolute Gasteiger partial charge is 0.420 e. The number of esters is 1. The molecule has 2 rings (SSSR count). The van der Waals surface area contributed by atoms with Crippen molar-refractivity contribution in [2.75, 3.05) is 13.2 Å². The number of carbonyl (C=O) groups excluding carboxylic acids is 1. The predicted molar refractivity (Wildman–Crippen MR) is 110 cm³/mol. The Hall–Kier alpha value is -2.35. The van der Waals surface area contributed by atoms with E-state index in [0.717, 1.165) is 30.3 Å². The van der Waals surface area contributed by atoms with E-state index in [9.17, 15) is 36.2 Å². The molecule has 1 aromatic carbocycles. The van der Waals surface area contributed by atoms with Crippen LogP contribution in [-0.4, -0.2) is 35.4 Å². The van der Waals surface area contributed by atoms with Crippen molar-refractivity contribution in [2.24, 2.45) is 0 Å². The first-order valence-electron chi connectivity index (χ1n) is 8.75. The van der Waals surface area contributed by atoms with Gasteiger partial charge in [0.05, 0.1) is 14.8 Å². The number of rotatable bonds is 7. The Morgan fingerprint density at radius 1 is 1.16 bits per heavy atom. The molecule has 0 radical (unpaired) electrons. The monoisotopic (exact) mass is 575 g/mol. The van der Waals surface area contributed by atoms with Gasteiger partial charge in [-0.15, -0.1) is 0 Å². The summed E-state index contributed by atoms with van der Waals surface area (Å²) in [6.07, 6.45) is -12.5. The minimum atomic E-state index is -5.01. The maximum Gasteiger partial charge on any atom is 0.420 e. The molecule has 0 aliphatic rings. The average Bonchev–Trinajstić information content (AvgIpc) is 2.69. The predicted octanol–water partition coefficient (Wildman–Crippen LogP) is 5.47. The third-order valence-electron chi connectivity index (χ3n) is 3.92. The number of aliphatic hydroxyl groups is 1. The lowest BCUT2D eigenvalue weighted by atomic mass is 10.1. The second-order valence-electron chi connectivity index (χ2n) is 6.54. The van der Waals surface area contributed by atoms with Crippen molar-refractivity contribution in [3.63, 3.8) is 0 Å². The normalized spacial score (nSPS) is 12.9. The van der Waals surface area contributed by atoms with E-state index in [-0.39, 0.29) is 33.8 Å². The second-order valence-corrected chi connectivity index (χ2v) is 7.71. The highest BCUT2D eigenvalue weighted by Crippen LogP contribution is 2.39. The highest BCUT2D eigenvalue weighted by Gasteiger charge is 2.41. The molecule has 1 unspecified atom stereocenters. The van der Waals surface area contributed by atoms with Gasteiger partial charge in [-0.3, -0.25) is 4.79 Å². The molecule has 2 aromatic rings. The van der Waals surface area contributed by atoms with Crippen LogP contribution >= 0.6 is 22.6 Å². The maximum atomic E-state index is 13.0.